The van der Waals surface area contributed by atoms with E-state index in [0.29, 0.717) is 17.1 Å². The van der Waals surface area contributed by atoms with Crippen LogP contribution in [-0.2, 0) is 16.6 Å². The fourth-order valence-electron chi connectivity index (χ4n) is 1.23. The van der Waals surface area contributed by atoms with Gasteiger partial charge in [0, 0.05) is 18.1 Å². The Balaban J connectivity index is 2.99. The number of nitrogens with two attached hydrogens (primary N) is 1. The van der Waals surface area contributed by atoms with Gasteiger partial charge in [0.05, 0.1) is 4.90 Å². The van der Waals surface area contributed by atoms with Gasteiger partial charge in [-0.25, -0.2) is 13.1 Å². The van der Waals surface area contributed by atoms with Crippen LogP contribution in [0.4, 0.5) is 0 Å². The predicted octanol–water partition coefficient (Wildman–Crippen LogP) is 1.73. The summed E-state index contributed by atoms with van der Waals surface area (Å²) in [4.78, 5) is 0.197. The summed E-state index contributed by atoms with van der Waals surface area (Å²) >= 11 is 5.88. The highest BCUT2D eigenvalue weighted by molar-refractivity contribution is 7.89. The van der Waals surface area contributed by atoms with E-state index in [1.807, 2.05) is 13.8 Å². The molecule has 96 valence electrons. The summed E-state index contributed by atoms with van der Waals surface area (Å²) in [5.74, 6) is 0.256. The van der Waals surface area contributed by atoms with Gasteiger partial charge in [-0.2, -0.15) is 0 Å². The fourth-order valence-corrected chi connectivity index (χ4v) is 2.69. The molecule has 0 saturated carbocycles. The average molecular weight is 277 g/mol. The number of nitrogens with one attached hydrogen (secondary N) is 1. The Morgan fingerprint density at radius 1 is 1.41 bits per heavy atom. The quantitative estimate of drug-likeness (QED) is 0.860. The molecule has 0 amide bonds. The summed E-state index contributed by atoms with van der Waals surface area (Å²) < 4.78 is 26.4. The molecule has 1 aromatic rings. The van der Waals surface area contributed by atoms with E-state index in [2.05, 4.69) is 4.72 Å². The van der Waals surface area contributed by atoms with Crippen LogP contribution in [0.25, 0.3) is 0 Å². The summed E-state index contributed by atoms with van der Waals surface area (Å²) in [5, 5.41) is 0.482. The maximum Gasteiger partial charge on any atom is 0.240 e. The van der Waals surface area contributed by atoms with E-state index in [4.69, 9.17) is 17.3 Å². The SMILES string of the molecule is CC(C)CNS(=O)(=O)c1ccc(Cl)c(CN)c1. The highest BCUT2D eigenvalue weighted by atomic mass is 35.5. The summed E-state index contributed by atoms with van der Waals surface area (Å²) in [6.07, 6.45) is 0. The lowest BCUT2D eigenvalue weighted by Crippen LogP contribution is -2.27. The van der Waals surface area contributed by atoms with Crippen LogP contribution in [-0.4, -0.2) is 15.0 Å². The molecule has 0 spiro atoms. The van der Waals surface area contributed by atoms with E-state index in [-0.39, 0.29) is 17.4 Å². The maximum absolute atomic E-state index is 11.9. The highest BCUT2D eigenvalue weighted by Crippen LogP contribution is 2.19. The molecule has 0 bridgehead atoms. The molecule has 6 heteroatoms. The summed E-state index contributed by atoms with van der Waals surface area (Å²) in [5.41, 5.74) is 6.11. The van der Waals surface area contributed by atoms with Crippen molar-refractivity contribution < 1.29 is 8.42 Å². The number of hydrogen-bond acceptors (Lipinski definition) is 3. The van der Waals surface area contributed by atoms with E-state index >= 15 is 0 Å². The molecule has 1 rings (SSSR count). The third-order valence-electron chi connectivity index (χ3n) is 2.23. The van der Waals surface area contributed by atoms with Crippen molar-refractivity contribution in [1.82, 2.24) is 4.72 Å². The average Bonchev–Trinajstić information content (AvgIpc) is 2.27. The lowest BCUT2D eigenvalue weighted by atomic mass is 10.2. The third-order valence-corrected chi connectivity index (χ3v) is 4.02. The van der Waals surface area contributed by atoms with Crippen molar-refractivity contribution in [3.8, 4) is 0 Å². The first-order chi connectivity index (χ1) is 7.86. The molecule has 0 unspecified atom stereocenters. The van der Waals surface area contributed by atoms with Crippen LogP contribution < -0.4 is 10.5 Å². The molecule has 0 aliphatic rings. The standard InChI is InChI=1S/C11H17ClN2O2S/c1-8(2)7-14-17(15,16)10-3-4-11(12)9(5-10)6-13/h3-5,8,14H,6-7,13H2,1-2H3. The Morgan fingerprint density at radius 3 is 2.59 bits per heavy atom. The van der Waals surface area contributed by atoms with Crippen LogP contribution in [0.1, 0.15) is 19.4 Å². The van der Waals surface area contributed by atoms with Gasteiger partial charge >= 0.3 is 0 Å². The first kappa shape index (κ1) is 14.4. The Morgan fingerprint density at radius 2 is 2.06 bits per heavy atom. The Kier molecular flexibility index (Phi) is 4.94. The summed E-state index contributed by atoms with van der Waals surface area (Å²) in [6.45, 7) is 4.50. The predicted molar refractivity (Wildman–Crippen MR) is 69.4 cm³/mol. The normalized spacial score (nSPS) is 12.1. The van der Waals surface area contributed by atoms with Gasteiger partial charge in [0.2, 0.25) is 10.0 Å². The number of halogens is 1. The van der Waals surface area contributed by atoms with Gasteiger partial charge in [-0.15, -0.1) is 0 Å². The molecule has 1 aromatic carbocycles. The second-order valence-corrected chi connectivity index (χ2v) is 6.38. The van der Waals surface area contributed by atoms with E-state index in [1.54, 1.807) is 6.07 Å². The van der Waals surface area contributed by atoms with Gasteiger partial charge in [-0.05, 0) is 29.7 Å². The van der Waals surface area contributed by atoms with Crippen molar-refractivity contribution >= 4 is 21.6 Å². The van der Waals surface area contributed by atoms with Crippen LogP contribution in [0, 0.1) is 5.92 Å². The number of hydrogen-bond donors (Lipinski definition) is 2. The molecule has 0 saturated heterocycles. The van der Waals surface area contributed by atoms with Crippen molar-refractivity contribution in [2.75, 3.05) is 6.54 Å². The van der Waals surface area contributed by atoms with E-state index in [9.17, 15) is 8.42 Å². The first-order valence-electron chi connectivity index (χ1n) is 5.35. The molecule has 0 aliphatic carbocycles. The van der Waals surface area contributed by atoms with E-state index < -0.39 is 10.0 Å². The first-order valence-corrected chi connectivity index (χ1v) is 7.21. The van der Waals surface area contributed by atoms with Gasteiger partial charge in [-0.1, -0.05) is 25.4 Å². The zero-order valence-electron chi connectivity index (χ0n) is 9.90. The van der Waals surface area contributed by atoms with Crippen LogP contribution in [0.15, 0.2) is 23.1 Å². The van der Waals surface area contributed by atoms with Crippen LogP contribution in [0.3, 0.4) is 0 Å². The molecule has 0 aromatic heterocycles. The number of rotatable bonds is 5. The topological polar surface area (TPSA) is 72.2 Å². The lowest BCUT2D eigenvalue weighted by molar-refractivity contribution is 0.560. The van der Waals surface area contributed by atoms with Gasteiger partial charge in [-0.3, -0.25) is 0 Å². The van der Waals surface area contributed by atoms with Crippen LogP contribution in [0.5, 0.6) is 0 Å². The van der Waals surface area contributed by atoms with Crippen molar-refractivity contribution in [1.29, 1.82) is 0 Å². The number of sulfonamides is 1. The van der Waals surface area contributed by atoms with Crippen LogP contribution >= 0.6 is 11.6 Å². The smallest absolute Gasteiger partial charge is 0.240 e. The molecule has 17 heavy (non-hydrogen) atoms. The van der Waals surface area contributed by atoms with Gasteiger partial charge < -0.3 is 5.73 Å². The molecule has 0 atom stereocenters. The minimum Gasteiger partial charge on any atom is -0.326 e. The van der Waals surface area contributed by atoms with E-state index in [1.165, 1.54) is 12.1 Å². The molecular weight excluding hydrogens is 260 g/mol. The van der Waals surface area contributed by atoms with Gasteiger partial charge in [0.25, 0.3) is 0 Å². The van der Waals surface area contributed by atoms with Crippen LogP contribution in [0.2, 0.25) is 5.02 Å². The minimum atomic E-state index is -3.47. The molecular formula is C11H17ClN2O2S. The molecule has 3 N–H and O–H groups in total. The summed E-state index contributed by atoms with van der Waals surface area (Å²) in [6, 6.07) is 4.53. The molecule has 0 fully saturated rings. The maximum atomic E-state index is 11.9. The minimum absolute atomic E-state index is 0.197. The Hall–Kier alpha value is -0.620. The van der Waals surface area contributed by atoms with Crippen molar-refractivity contribution in [2.45, 2.75) is 25.3 Å². The van der Waals surface area contributed by atoms with Crippen molar-refractivity contribution in [2.24, 2.45) is 11.7 Å². The van der Waals surface area contributed by atoms with Crippen molar-refractivity contribution in [3.05, 3.63) is 28.8 Å². The van der Waals surface area contributed by atoms with Crippen molar-refractivity contribution in [3.63, 3.8) is 0 Å². The second kappa shape index (κ2) is 5.82. The van der Waals surface area contributed by atoms with Gasteiger partial charge in [0.1, 0.15) is 0 Å². The highest BCUT2D eigenvalue weighted by Gasteiger charge is 2.15. The lowest BCUT2D eigenvalue weighted by Gasteiger charge is -2.10. The summed E-state index contributed by atoms with van der Waals surface area (Å²) in [7, 11) is -3.47. The second-order valence-electron chi connectivity index (χ2n) is 4.20. The zero-order valence-corrected chi connectivity index (χ0v) is 11.5. The van der Waals surface area contributed by atoms with E-state index in [0.717, 1.165) is 0 Å². The molecule has 4 nitrogen and oxygen atoms in total. The monoisotopic (exact) mass is 276 g/mol. The molecule has 0 aliphatic heterocycles. The fraction of sp³-hybridized carbons (Fsp3) is 0.455. The van der Waals surface area contributed by atoms with Gasteiger partial charge in [0.15, 0.2) is 0 Å². The Labute approximate surface area is 107 Å². The Bertz CT molecular complexity index is 486. The largest absolute Gasteiger partial charge is 0.326 e. The zero-order chi connectivity index (χ0) is 13.1. The molecule has 0 radical (unpaired) electrons. The molecule has 0 heterocycles. The number of benzene rings is 1. The third kappa shape index (κ3) is 3.96.